The number of hydrogen-bond acceptors (Lipinski definition) is 4. The molecule has 0 aliphatic carbocycles. The van der Waals surface area contributed by atoms with Crippen LogP contribution in [-0.4, -0.2) is 42.4 Å². The first-order chi connectivity index (χ1) is 12.1. The summed E-state index contributed by atoms with van der Waals surface area (Å²) in [6.07, 6.45) is 2.35. The highest BCUT2D eigenvalue weighted by Crippen LogP contribution is 2.32. The topological polar surface area (TPSA) is 75.4 Å². The molecule has 2 aromatic rings. The molecule has 25 heavy (non-hydrogen) atoms. The van der Waals surface area contributed by atoms with Gasteiger partial charge in [0.15, 0.2) is 0 Å². The van der Waals surface area contributed by atoms with Crippen molar-refractivity contribution in [3.05, 3.63) is 46.8 Å². The van der Waals surface area contributed by atoms with Gasteiger partial charge in [-0.25, -0.2) is 0 Å². The van der Waals surface area contributed by atoms with E-state index in [2.05, 4.69) is 10.2 Å². The number of fused-ring (bicyclic) bond motifs is 3. The van der Waals surface area contributed by atoms with Crippen LogP contribution in [0.4, 0.5) is 0 Å². The summed E-state index contributed by atoms with van der Waals surface area (Å²) < 4.78 is 0. The van der Waals surface area contributed by atoms with Gasteiger partial charge < -0.3 is 16.0 Å². The van der Waals surface area contributed by atoms with Crippen LogP contribution in [0.25, 0.3) is 10.4 Å². The van der Waals surface area contributed by atoms with Crippen molar-refractivity contribution in [2.45, 2.75) is 18.9 Å². The first-order valence-corrected chi connectivity index (χ1v) is 9.46. The predicted octanol–water partition coefficient (Wildman–Crippen LogP) is 2.34. The van der Waals surface area contributed by atoms with E-state index in [0.717, 1.165) is 30.1 Å². The summed E-state index contributed by atoms with van der Waals surface area (Å²) in [5.41, 5.74) is 6.72. The van der Waals surface area contributed by atoms with Crippen LogP contribution in [0.5, 0.6) is 0 Å². The van der Waals surface area contributed by atoms with Gasteiger partial charge in [-0.05, 0) is 50.0 Å². The molecule has 4 heterocycles. The van der Waals surface area contributed by atoms with E-state index in [1.807, 2.05) is 24.3 Å². The minimum atomic E-state index is -0.456. The first kappa shape index (κ1) is 16.3. The molecule has 0 radical (unpaired) electrons. The number of primary amides is 1. The van der Waals surface area contributed by atoms with Gasteiger partial charge in [0.25, 0.3) is 5.91 Å². The zero-order chi connectivity index (χ0) is 17.4. The van der Waals surface area contributed by atoms with Crippen molar-refractivity contribution < 1.29 is 9.59 Å². The number of nitrogens with one attached hydrogen (secondary N) is 1. The fraction of sp³-hybridized carbons (Fsp3) is 0.368. The third-order valence-electron chi connectivity index (χ3n) is 5.26. The van der Waals surface area contributed by atoms with Crippen LogP contribution in [0.2, 0.25) is 0 Å². The number of carbonyl (C=O) groups is 2. The maximum Gasteiger partial charge on any atom is 0.261 e. The van der Waals surface area contributed by atoms with Gasteiger partial charge in [0, 0.05) is 28.6 Å². The molecule has 5 rings (SSSR count). The Balaban J connectivity index is 1.51. The Bertz CT molecular complexity index is 809. The van der Waals surface area contributed by atoms with Crippen molar-refractivity contribution >= 4 is 23.2 Å². The highest BCUT2D eigenvalue weighted by atomic mass is 32.1. The van der Waals surface area contributed by atoms with Crippen LogP contribution in [0.3, 0.4) is 0 Å². The van der Waals surface area contributed by atoms with Gasteiger partial charge >= 0.3 is 0 Å². The number of thiophene rings is 1. The molecule has 0 saturated carbocycles. The molecule has 130 valence electrons. The van der Waals surface area contributed by atoms with E-state index < -0.39 is 5.91 Å². The maximum absolute atomic E-state index is 12.6. The van der Waals surface area contributed by atoms with Gasteiger partial charge in [-0.15, -0.1) is 11.3 Å². The standard InChI is InChI=1S/C19H21N3O2S/c20-18(23)14-4-2-1-3-13(14)16-5-6-17(25-16)19(24)21-15-11-22-9-7-12(15)8-10-22/h1-6,12,15H,7-11H2,(H2,20,23)(H,21,24). The van der Waals surface area contributed by atoms with Gasteiger partial charge in [-0.1, -0.05) is 18.2 Å². The number of nitrogens with two attached hydrogens (primary N) is 1. The van der Waals surface area contributed by atoms with Crippen molar-refractivity contribution in [3.63, 3.8) is 0 Å². The van der Waals surface area contributed by atoms with Crippen molar-refractivity contribution in [1.82, 2.24) is 10.2 Å². The minimum Gasteiger partial charge on any atom is -0.366 e. The number of carbonyl (C=O) groups excluding carboxylic acids is 2. The summed E-state index contributed by atoms with van der Waals surface area (Å²) in [5.74, 6) is 0.123. The monoisotopic (exact) mass is 355 g/mol. The zero-order valence-electron chi connectivity index (χ0n) is 13.9. The molecule has 2 amide bonds. The summed E-state index contributed by atoms with van der Waals surface area (Å²) in [5, 5.41) is 3.21. The first-order valence-electron chi connectivity index (χ1n) is 8.64. The second-order valence-electron chi connectivity index (χ2n) is 6.79. The molecule has 3 aliphatic heterocycles. The Morgan fingerprint density at radius 1 is 1.12 bits per heavy atom. The van der Waals surface area contributed by atoms with E-state index in [4.69, 9.17) is 5.73 Å². The second kappa shape index (κ2) is 6.61. The van der Waals surface area contributed by atoms with Crippen LogP contribution < -0.4 is 11.1 Å². The molecule has 1 aromatic carbocycles. The Hall–Kier alpha value is -2.18. The lowest BCUT2D eigenvalue weighted by molar-refractivity contribution is 0.0622. The van der Waals surface area contributed by atoms with Crippen LogP contribution in [0, 0.1) is 5.92 Å². The summed E-state index contributed by atoms with van der Waals surface area (Å²) in [6.45, 7) is 3.27. The SMILES string of the molecule is NC(=O)c1ccccc1-c1ccc(C(=O)NC2CN3CCC2CC3)s1. The smallest absolute Gasteiger partial charge is 0.261 e. The lowest BCUT2D eigenvalue weighted by Crippen LogP contribution is -2.57. The third-order valence-corrected chi connectivity index (χ3v) is 6.38. The Kier molecular flexibility index (Phi) is 4.31. The molecular formula is C19H21N3O2S. The number of hydrogen-bond donors (Lipinski definition) is 2. The minimum absolute atomic E-state index is 0.0217. The molecule has 1 aromatic heterocycles. The quantitative estimate of drug-likeness (QED) is 0.884. The van der Waals surface area contributed by atoms with E-state index in [9.17, 15) is 9.59 Å². The van der Waals surface area contributed by atoms with Crippen molar-refractivity contribution in [1.29, 1.82) is 0 Å². The molecule has 3 aliphatic rings. The van der Waals surface area contributed by atoms with Gasteiger partial charge in [-0.3, -0.25) is 9.59 Å². The number of rotatable bonds is 4. The fourth-order valence-corrected chi connectivity index (χ4v) is 4.83. The molecule has 3 saturated heterocycles. The Labute approximate surface area is 150 Å². The van der Waals surface area contributed by atoms with Crippen molar-refractivity contribution in [2.75, 3.05) is 19.6 Å². The van der Waals surface area contributed by atoms with Crippen LogP contribution in [0.1, 0.15) is 32.9 Å². The number of piperidine rings is 3. The Morgan fingerprint density at radius 2 is 1.88 bits per heavy atom. The number of amides is 2. The highest BCUT2D eigenvalue weighted by molar-refractivity contribution is 7.17. The van der Waals surface area contributed by atoms with Gasteiger partial charge in [-0.2, -0.15) is 0 Å². The largest absolute Gasteiger partial charge is 0.366 e. The fourth-order valence-electron chi connectivity index (χ4n) is 3.89. The van der Waals surface area contributed by atoms with Crippen LogP contribution in [-0.2, 0) is 0 Å². The average molecular weight is 355 g/mol. The lowest BCUT2D eigenvalue weighted by Gasteiger charge is -2.44. The van der Waals surface area contributed by atoms with E-state index >= 15 is 0 Å². The predicted molar refractivity (Wildman–Crippen MR) is 98.7 cm³/mol. The zero-order valence-corrected chi connectivity index (χ0v) is 14.7. The van der Waals surface area contributed by atoms with Crippen LogP contribution >= 0.6 is 11.3 Å². The molecule has 6 heteroatoms. The summed E-state index contributed by atoms with van der Waals surface area (Å²) in [7, 11) is 0. The average Bonchev–Trinajstić information content (AvgIpc) is 3.13. The second-order valence-corrected chi connectivity index (χ2v) is 7.88. The van der Waals surface area contributed by atoms with Gasteiger partial charge in [0.2, 0.25) is 5.91 Å². The Morgan fingerprint density at radius 3 is 2.56 bits per heavy atom. The number of benzene rings is 1. The van der Waals surface area contributed by atoms with E-state index in [1.54, 1.807) is 12.1 Å². The van der Waals surface area contributed by atoms with E-state index in [1.165, 1.54) is 24.2 Å². The molecule has 0 spiro atoms. The van der Waals surface area contributed by atoms with Gasteiger partial charge in [0.05, 0.1) is 4.88 Å². The maximum atomic E-state index is 12.6. The normalized spacial score (nSPS) is 24.9. The molecule has 3 fully saturated rings. The van der Waals surface area contributed by atoms with E-state index in [0.29, 0.717) is 16.4 Å². The van der Waals surface area contributed by atoms with E-state index in [-0.39, 0.29) is 11.9 Å². The lowest BCUT2D eigenvalue weighted by atomic mass is 9.84. The highest BCUT2D eigenvalue weighted by Gasteiger charge is 2.35. The van der Waals surface area contributed by atoms with Crippen LogP contribution in [0.15, 0.2) is 36.4 Å². The summed E-state index contributed by atoms with van der Waals surface area (Å²) in [6, 6.07) is 11.2. The number of nitrogens with zero attached hydrogens (tertiary/aromatic N) is 1. The third kappa shape index (κ3) is 3.19. The molecule has 3 N–H and O–H groups in total. The molecule has 1 atom stereocenters. The summed E-state index contributed by atoms with van der Waals surface area (Å²) in [4.78, 5) is 28.2. The molecule has 1 unspecified atom stereocenters. The molecular weight excluding hydrogens is 334 g/mol. The summed E-state index contributed by atoms with van der Waals surface area (Å²) >= 11 is 1.40. The molecule has 5 nitrogen and oxygen atoms in total. The molecule has 2 bridgehead atoms. The van der Waals surface area contributed by atoms with Crippen molar-refractivity contribution in [2.24, 2.45) is 11.7 Å². The van der Waals surface area contributed by atoms with Gasteiger partial charge in [0.1, 0.15) is 0 Å². The van der Waals surface area contributed by atoms with Crippen molar-refractivity contribution in [3.8, 4) is 10.4 Å².